The number of sulfonamides is 1. The quantitative estimate of drug-likeness (QED) is 0.824. The van der Waals surface area contributed by atoms with Gasteiger partial charge >= 0.3 is 0 Å². The van der Waals surface area contributed by atoms with E-state index in [0.717, 1.165) is 11.4 Å². The highest BCUT2D eigenvalue weighted by Crippen LogP contribution is 2.26. The van der Waals surface area contributed by atoms with Gasteiger partial charge in [0, 0.05) is 43.8 Å². The van der Waals surface area contributed by atoms with Crippen LogP contribution in [0.25, 0.3) is 0 Å². The lowest BCUT2D eigenvalue weighted by atomic mass is 10.3. The number of thiophene rings is 1. The van der Waals surface area contributed by atoms with E-state index in [2.05, 4.69) is 9.71 Å². The molecule has 0 bridgehead atoms. The number of aromatic nitrogens is 2. The Kier molecular flexibility index (Phi) is 4.59. The van der Waals surface area contributed by atoms with E-state index in [0.29, 0.717) is 22.7 Å². The van der Waals surface area contributed by atoms with Crippen molar-refractivity contribution >= 4 is 21.4 Å². The molecule has 0 aliphatic carbocycles. The zero-order valence-electron chi connectivity index (χ0n) is 11.5. The molecule has 0 aliphatic rings. The predicted octanol–water partition coefficient (Wildman–Crippen LogP) is 0.770. The first kappa shape index (κ1) is 15.2. The normalized spacial score (nSPS) is 11.9. The highest BCUT2D eigenvalue weighted by Gasteiger charge is 2.21. The minimum absolute atomic E-state index is 0.230. The Morgan fingerprint density at radius 2 is 2.25 bits per heavy atom. The molecule has 2 rings (SSSR count). The van der Waals surface area contributed by atoms with Crippen molar-refractivity contribution in [3.63, 3.8) is 0 Å². The molecule has 3 N–H and O–H groups in total. The van der Waals surface area contributed by atoms with E-state index in [1.165, 1.54) is 11.3 Å². The fourth-order valence-corrected chi connectivity index (χ4v) is 4.73. The first-order valence-corrected chi connectivity index (χ1v) is 8.55. The fraction of sp³-hybridized carbons (Fsp3) is 0.417. The Balaban J connectivity index is 2.08. The predicted molar refractivity (Wildman–Crippen MR) is 79.0 cm³/mol. The lowest BCUT2D eigenvalue weighted by Gasteiger charge is -2.08. The number of nitrogens with one attached hydrogen (secondary N) is 1. The van der Waals surface area contributed by atoms with Gasteiger partial charge < -0.3 is 10.3 Å². The number of hydrogen-bond acceptors (Lipinski definition) is 5. The zero-order chi connectivity index (χ0) is 14.8. The number of nitrogens with two attached hydrogens (primary N) is 1. The summed E-state index contributed by atoms with van der Waals surface area (Å²) in [5, 5.41) is 1.81. The van der Waals surface area contributed by atoms with E-state index in [1.54, 1.807) is 13.1 Å². The molecule has 0 atom stereocenters. The molecule has 2 aromatic heterocycles. The van der Waals surface area contributed by atoms with Crippen LogP contribution in [0.5, 0.6) is 0 Å². The van der Waals surface area contributed by atoms with Crippen molar-refractivity contribution in [3.8, 4) is 0 Å². The van der Waals surface area contributed by atoms with Gasteiger partial charge in [-0.2, -0.15) is 0 Å². The van der Waals surface area contributed by atoms with E-state index in [4.69, 9.17) is 5.73 Å². The third-order valence-electron chi connectivity index (χ3n) is 3.01. The topological polar surface area (TPSA) is 90.0 Å². The molecule has 0 amide bonds. The van der Waals surface area contributed by atoms with E-state index < -0.39 is 10.0 Å². The van der Waals surface area contributed by atoms with Gasteiger partial charge in [-0.3, -0.25) is 0 Å². The lowest BCUT2D eigenvalue weighted by molar-refractivity contribution is 0.579. The van der Waals surface area contributed by atoms with Crippen LogP contribution in [0.15, 0.2) is 22.7 Å². The molecule has 0 unspecified atom stereocenters. The van der Waals surface area contributed by atoms with Crippen LogP contribution in [-0.2, 0) is 30.0 Å². The van der Waals surface area contributed by atoms with Gasteiger partial charge in [0.25, 0.3) is 0 Å². The van der Waals surface area contributed by atoms with Crippen LogP contribution in [0.4, 0.5) is 0 Å². The van der Waals surface area contributed by atoms with Gasteiger partial charge in [-0.25, -0.2) is 18.1 Å². The molecule has 0 fully saturated rings. The van der Waals surface area contributed by atoms with Crippen molar-refractivity contribution in [1.29, 1.82) is 0 Å². The van der Waals surface area contributed by atoms with Gasteiger partial charge in [0.1, 0.15) is 10.7 Å². The molecule has 6 nitrogen and oxygen atoms in total. The molecule has 0 saturated heterocycles. The average molecular weight is 314 g/mol. The molecule has 8 heteroatoms. The van der Waals surface area contributed by atoms with Crippen LogP contribution in [0.1, 0.15) is 16.3 Å². The van der Waals surface area contributed by atoms with E-state index in [9.17, 15) is 8.42 Å². The molecule has 0 saturated carbocycles. The molecule has 0 spiro atoms. The van der Waals surface area contributed by atoms with Crippen LogP contribution >= 0.6 is 11.3 Å². The molecule has 0 aromatic carbocycles. The third-order valence-corrected chi connectivity index (χ3v) is 5.95. The van der Waals surface area contributed by atoms with E-state index in [-0.39, 0.29) is 6.54 Å². The van der Waals surface area contributed by atoms with Crippen molar-refractivity contribution in [2.75, 3.05) is 6.54 Å². The van der Waals surface area contributed by atoms with E-state index >= 15 is 0 Å². The summed E-state index contributed by atoms with van der Waals surface area (Å²) in [7, 11) is -1.63. The summed E-state index contributed by atoms with van der Waals surface area (Å²) in [4.78, 5) is 5.17. The first-order chi connectivity index (χ1) is 9.45. The van der Waals surface area contributed by atoms with E-state index in [1.807, 2.05) is 23.2 Å². The Labute approximate surface area is 122 Å². The number of hydrogen-bond donors (Lipinski definition) is 2. The summed E-state index contributed by atoms with van der Waals surface area (Å²) in [6.07, 6.45) is 4.07. The standard InChI is InChI=1S/C12H18N4O2S2/c1-9-8-19-10(7-13)12(9)20(17,18)15-4-3-11-14-5-6-16(11)2/h5-6,8,15H,3-4,7,13H2,1-2H3. The summed E-state index contributed by atoms with van der Waals surface area (Å²) >= 11 is 1.38. The van der Waals surface area contributed by atoms with Crippen molar-refractivity contribution in [2.24, 2.45) is 12.8 Å². The monoisotopic (exact) mass is 314 g/mol. The molecule has 0 radical (unpaired) electrons. The summed E-state index contributed by atoms with van der Waals surface area (Å²) < 4.78 is 29.1. The smallest absolute Gasteiger partial charge is 0.241 e. The van der Waals surface area contributed by atoms with Gasteiger partial charge in [-0.05, 0) is 17.9 Å². The molecular formula is C12H18N4O2S2. The van der Waals surface area contributed by atoms with Crippen LogP contribution in [0.2, 0.25) is 0 Å². The van der Waals surface area contributed by atoms with Gasteiger partial charge in [-0.15, -0.1) is 11.3 Å². The van der Waals surface area contributed by atoms with Gasteiger partial charge in [0.15, 0.2) is 0 Å². The van der Waals surface area contributed by atoms with Crippen molar-refractivity contribution in [2.45, 2.75) is 24.8 Å². The molecular weight excluding hydrogens is 296 g/mol. The average Bonchev–Trinajstić information content (AvgIpc) is 2.96. The Morgan fingerprint density at radius 3 is 2.85 bits per heavy atom. The minimum Gasteiger partial charge on any atom is -0.338 e. The van der Waals surface area contributed by atoms with Gasteiger partial charge in [0.2, 0.25) is 10.0 Å². The largest absolute Gasteiger partial charge is 0.338 e. The molecule has 2 heterocycles. The second kappa shape index (κ2) is 6.04. The maximum atomic E-state index is 12.3. The summed E-state index contributed by atoms with van der Waals surface area (Å²) in [5.41, 5.74) is 6.33. The molecule has 0 aliphatic heterocycles. The van der Waals surface area contributed by atoms with Crippen molar-refractivity contribution in [1.82, 2.24) is 14.3 Å². The Hall–Kier alpha value is -1.22. The van der Waals surface area contributed by atoms with Crippen LogP contribution in [0, 0.1) is 6.92 Å². The third kappa shape index (κ3) is 3.09. The van der Waals surface area contributed by atoms with Crippen LogP contribution in [0.3, 0.4) is 0 Å². The second-order valence-corrected chi connectivity index (χ2v) is 7.15. The molecule has 20 heavy (non-hydrogen) atoms. The zero-order valence-corrected chi connectivity index (χ0v) is 13.1. The highest BCUT2D eigenvalue weighted by atomic mass is 32.2. The summed E-state index contributed by atoms with van der Waals surface area (Å²) in [5.74, 6) is 0.841. The lowest BCUT2D eigenvalue weighted by Crippen LogP contribution is -2.27. The van der Waals surface area contributed by atoms with Crippen LogP contribution < -0.4 is 10.5 Å². The summed E-state index contributed by atoms with van der Waals surface area (Å²) in [6, 6.07) is 0. The minimum atomic E-state index is -3.51. The van der Waals surface area contributed by atoms with Crippen molar-refractivity contribution < 1.29 is 8.42 Å². The summed E-state index contributed by atoms with van der Waals surface area (Å²) in [6.45, 7) is 2.32. The Bertz CT molecular complexity index is 688. The van der Waals surface area contributed by atoms with Gasteiger partial charge in [0.05, 0.1) is 0 Å². The highest BCUT2D eigenvalue weighted by molar-refractivity contribution is 7.89. The maximum absolute atomic E-state index is 12.3. The Morgan fingerprint density at radius 1 is 1.50 bits per heavy atom. The molecule has 110 valence electrons. The fourth-order valence-electron chi connectivity index (χ4n) is 2.00. The number of imidazole rings is 1. The van der Waals surface area contributed by atoms with Crippen molar-refractivity contribution in [3.05, 3.63) is 34.0 Å². The number of nitrogens with zero attached hydrogens (tertiary/aromatic N) is 2. The molecule has 2 aromatic rings. The maximum Gasteiger partial charge on any atom is 0.241 e. The number of aryl methyl sites for hydroxylation is 2. The SMILES string of the molecule is Cc1csc(CN)c1S(=O)(=O)NCCc1nccn1C. The second-order valence-electron chi connectivity index (χ2n) is 4.48. The first-order valence-electron chi connectivity index (χ1n) is 6.18. The van der Waals surface area contributed by atoms with Crippen LogP contribution in [-0.4, -0.2) is 24.5 Å². The number of rotatable bonds is 6. The van der Waals surface area contributed by atoms with Gasteiger partial charge in [-0.1, -0.05) is 0 Å².